The van der Waals surface area contributed by atoms with Gasteiger partial charge in [0.05, 0.1) is 25.8 Å². The standard InChI is InChI=1S/C24H27N3O5/c1-31-18-6-7-20(21(10-18)32-2)27-14-17(9-23(27)29)24(30)25-11-15-8-16(13-25)19-4-3-5-22(28)26(19)12-15/h3-7,10,15-17H,8-9,11-14H2,1-2H3/t15-,16+,17?/m1/s1. The van der Waals surface area contributed by atoms with Crippen molar-refractivity contribution in [3.8, 4) is 11.5 Å². The Balaban J connectivity index is 1.33. The van der Waals surface area contributed by atoms with Crippen LogP contribution in [0.4, 0.5) is 5.69 Å². The van der Waals surface area contributed by atoms with E-state index in [0.717, 1.165) is 12.1 Å². The number of pyridine rings is 1. The number of ether oxygens (including phenoxy) is 2. The molecule has 1 aromatic heterocycles. The number of hydrogen-bond acceptors (Lipinski definition) is 5. The largest absolute Gasteiger partial charge is 0.497 e. The van der Waals surface area contributed by atoms with Crippen LogP contribution in [-0.2, 0) is 16.1 Å². The van der Waals surface area contributed by atoms with Gasteiger partial charge >= 0.3 is 0 Å². The molecule has 3 aliphatic rings. The lowest BCUT2D eigenvalue weighted by molar-refractivity contribution is -0.138. The number of methoxy groups -OCH3 is 2. The Morgan fingerprint density at radius 3 is 2.62 bits per heavy atom. The fraction of sp³-hybridized carbons (Fsp3) is 0.458. The Kier molecular flexibility index (Phi) is 5.15. The van der Waals surface area contributed by atoms with Crippen LogP contribution in [0, 0.1) is 11.8 Å². The number of piperidine rings is 1. The van der Waals surface area contributed by atoms with Gasteiger partial charge in [0.15, 0.2) is 0 Å². The second kappa shape index (κ2) is 8.00. The summed E-state index contributed by atoms with van der Waals surface area (Å²) < 4.78 is 12.6. The summed E-state index contributed by atoms with van der Waals surface area (Å²) in [6, 6.07) is 10.7. The van der Waals surface area contributed by atoms with Crippen molar-refractivity contribution in [1.82, 2.24) is 9.47 Å². The molecule has 2 amide bonds. The fourth-order valence-electron chi connectivity index (χ4n) is 5.45. The predicted molar refractivity (Wildman–Crippen MR) is 118 cm³/mol. The van der Waals surface area contributed by atoms with E-state index < -0.39 is 0 Å². The van der Waals surface area contributed by atoms with E-state index in [4.69, 9.17) is 9.47 Å². The Morgan fingerprint density at radius 1 is 1.00 bits per heavy atom. The molecule has 8 nitrogen and oxygen atoms in total. The molecule has 1 unspecified atom stereocenters. The molecule has 3 aliphatic heterocycles. The number of amides is 2. The van der Waals surface area contributed by atoms with Crippen molar-refractivity contribution in [1.29, 1.82) is 0 Å². The first-order valence-corrected chi connectivity index (χ1v) is 11.0. The molecule has 168 valence electrons. The summed E-state index contributed by atoms with van der Waals surface area (Å²) >= 11 is 0. The second-order valence-corrected chi connectivity index (χ2v) is 8.88. The summed E-state index contributed by atoms with van der Waals surface area (Å²) in [5.74, 6) is 1.17. The van der Waals surface area contributed by atoms with E-state index in [0.29, 0.717) is 43.4 Å². The van der Waals surface area contributed by atoms with E-state index in [1.807, 2.05) is 15.5 Å². The topological polar surface area (TPSA) is 81.1 Å². The van der Waals surface area contributed by atoms with Gasteiger partial charge < -0.3 is 23.8 Å². The molecule has 4 heterocycles. The van der Waals surface area contributed by atoms with Crippen LogP contribution in [-0.4, -0.2) is 55.1 Å². The number of likely N-dealkylation sites (tertiary alicyclic amines) is 1. The van der Waals surface area contributed by atoms with Crippen LogP contribution < -0.4 is 19.9 Å². The molecule has 2 bridgehead atoms. The monoisotopic (exact) mass is 437 g/mol. The molecule has 32 heavy (non-hydrogen) atoms. The molecule has 0 spiro atoms. The minimum atomic E-state index is -0.383. The number of fused-ring (bicyclic) bond motifs is 4. The van der Waals surface area contributed by atoms with Crippen LogP contribution in [0.15, 0.2) is 41.2 Å². The normalized spacial score (nSPS) is 24.3. The zero-order chi connectivity index (χ0) is 22.4. The molecule has 8 heteroatoms. The van der Waals surface area contributed by atoms with Crippen molar-refractivity contribution in [2.45, 2.75) is 25.3 Å². The average Bonchev–Trinajstić information content (AvgIpc) is 3.20. The zero-order valence-electron chi connectivity index (χ0n) is 18.3. The molecule has 0 N–H and O–H groups in total. The van der Waals surface area contributed by atoms with Crippen molar-refractivity contribution in [2.24, 2.45) is 11.8 Å². The third kappa shape index (κ3) is 3.43. The maximum absolute atomic E-state index is 13.4. The molecular weight excluding hydrogens is 410 g/mol. The maximum atomic E-state index is 13.4. The molecular formula is C24H27N3O5. The summed E-state index contributed by atoms with van der Waals surface area (Å²) in [6.45, 7) is 2.21. The molecule has 2 fully saturated rings. The van der Waals surface area contributed by atoms with Crippen molar-refractivity contribution >= 4 is 17.5 Å². The van der Waals surface area contributed by atoms with Crippen LogP contribution in [0.25, 0.3) is 0 Å². The molecule has 2 saturated heterocycles. The lowest BCUT2D eigenvalue weighted by atomic mass is 9.82. The molecule has 0 radical (unpaired) electrons. The van der Waals surface area contributed by atoms with Crippen LogP contribution in [0.5, 0.6) is 11.5 Å². The summed E-state index contributed by atoms with van der Waals surface area (Å²) in [7, 11) is 3.13. The summed E-state index contributed by atoms with van der Waals surface area (Å²) in [5, 5.41) is 0. The Bertz CT molecular complexity index is 1130. The van der Waals surface area contributed by atoms with E-state index >= 15 is 0 Å². The number of benzene rings is 1. The van der Waals surface area contributed by atoms with Gasteiger partial charge in [-0.05, 0) is 30.5 Å². The Labute approximate surface area is 186 Å². The van der Waals surface area contributed by atoms with E-state index in [1.54, 1.807) is 49.5 Å². The van der Waals surface area contributed by atoms with Gasteiger partial charge in [-0.25, -0.2) is 0 Å². The SMILES string of the molecule is COc1ccc(N2CC(C(=O)N3C[C@H]4C[C@@H](C3)c3cccc(=O)n3C4)CC2=O)c(OC)c1. The third-order valence-electron chi connectivity index (χ3n) is 6.94. The van der Waals surface area contributed by atoms with Gasteiger partial charge in [-0.3, -0.25) is 14.4 Å². The first-order valence-electron chi connectivity index (χ1n) is 11.0. The van der Waals surface area contributed by atoms with Crippen molar-refractivity contribution in [2.75, 3.05) is 38.8 Å². The molecule has 1 aromatic carbocycles. The highest BCUT2D eigenvalue weighted by Crippen LogP contribution is 2.38. The van der Waals surface area contributed by atoms with Gasteiger partial charge in [0.1, 0.15) is 11.5 Å². The number of anilines is 1. The summed E-state index contributed by atoms with van der Waals surface area (Å²) in [5.41, 5.74) is 1.69. The fourth-order valence-corrected chi connectivity index (χ4v) is 5.45. The maximum Gasteiger partial charge on any atom is 0.250 e. The van der Waals surface area contributed by atoms with E-state index in [1.165, 1.54) is 0 Å². The smallest absolute Gasteiger partial charge is 0.250 e. The molecule has 5 rings (SSSR count). The van der Waals surface area contributed by atoms with Gasteiger partial charge in [0.25, 0.3) is 5.56 Å². The van der Waals surface area contributed by atoms with Crippen molar-refractivity contribution in [3.05, 3.63) is 52.4 Å². The number of carbonyl (C=O) groups is 2. The number of nitrogens with zero attached hydrogens (tertiary/aromatic N) is 3. The van der Waals surface area contributed by atoms with Crippen molar-refractivity contribution in [3.63, 3.8) is 0 Å². The first kappa shape index (κ1) is 20.6. The highest BCUT2D eigenvalue weighted by atomic mass is 16.5. The lowest BCUT2D eigenvalue weighted by Gasteiger charge is -2.43. The zero-order valence-corrected chi connectivity index (χ0v) is 18.3. The van der Waals surface area contributed by atoms with Gasteiger partial charge in [-0.1, -0.05) is 6.07 Å². The van der Waals surface area contributed by atoms with Crippen LogP contribution >= 0.6 is 0 Å². The van der Waals surface area contributed by atoms with Gasteiger partial charge in [0.2, 0.25) is 11.8 Å². The van der Waals surface area contributed by atoms with Crippen LogP contribution in [0.3, 0.4) is 0 Å². The predicted octanol–water partition coefficient (Wildman–Crippen LogP) is 1.86. The Hall–Kier alpha value is -3.29. The van der Waals surface area contributed by atoms with Crippen LogP contribution in [0.2, 0.25) is 0 Å². The number of aromatic nitrogens is 1. The number of rotatable bonds is 4. The highest BCUT2D eigenvalue weighted by Gasteiger charge is 2.42. The number of carbonyl (C=O) groups excluding carboxylic acids is 2. The highest BCUT2D eigenvalue weighted by molar-refractivity contribution is 6.01. The average molecular weight is 437 g/mol. The van der Waals surface area contributed by atoms with E-state index in [2.05, 4.69) is 0 Å². The minimum Gasteiger partial charge on any atom is -0.497 e. The summed E-state index contributed by atoms with van der Waals surface area (Å²) in [4.78, 5) is 42.0. The van der Waals surface area contributed by atoms with Crippen LogP contribution in [0.1, 0.15) is 24.5 Å². The third-order valence-corrected chi connectivity index (χ3v) is 6.94. The summed E-state index contributed by atoms with van der Waals surface area (Å²) in [6.07, 6.45) is 1.18. The van der Waals surface area contributed by atoms with E-state index in [9.17, 15) is 14.4 Å². The molecule has 0 aliphatic carbocycles. The van der Waals surface area contributed by atoms with Gasteiger partial charge in [0, 0.05) is 56.3 Å². The molecule has 0 saturated carbocycles. The number of hydrogen-bond donors (Lipinski definition) is 0. The minimum absolute atomic E-state index is 0.0229. The quantitative estimate of drug-likeness (QED) is 0.730. The van der Waals surface area contributed by atoms with Gasteiger partial charge in [-0.15, -0.1) is 0 Å². The first-order chi connectivity index (χ1) is 15.5. The molecule has 3 atom stereocenters. The van der Waals surface area contributed by atoms with Crippen molar-refractivity contribution < 1.29 is 19.1 Å². The lowest BCUT2D eigenvalue weighted by Crippen LogP contribution is -2.50. The van der Waals surface area contributed by atoms with E-state index in [-0.39, 0.29) is 41.5 Å². The second-order valence-electron chi connectivity index (χ2n) is 8.88. The Morgan fingerprint density at radius 2 is 1.84 bits per heavy atom. The van der Waals surface area contributed by atoms with Gasteiger partial charge in [-0.2, -0.15) is 0 Å². The molecule has 2 aromatic rings.